The second-order valence-electron chi connectivity index (χ2n) is 6.11. The first-order chi connectivity index (χ1) is 13.0. The van der Waals surface area contributed by atoms with Crippen LogP contribution in [-0.4, -0.2) is 24.5 Å². The van der Waals surface area contributed by atoms with Crippen LogP contribution in [0.3, 0.4) is 0 Å². The fraction of sp³-hybridized carbons (Fsp3) is 0.333. The van der Waals surface area contributed by atoms with Crippen molar-refractivity contribution in [3.63, 3.8) is 0 Å². The molecule has 0 aromatic heterocycles. The molecule has 0 fully saturated rings. The number of benzene rings is 2. The number of hydrogen-bond donors (Lipinski definition) is 2. The Balaban J connectivity index is 2.07. The molecule has 0 spiro atoms. The fourth-order valence-electron chi connectivity index (χ4n) is 2.48. The standard InChI is InChI=1S/C21H25FN2O3/c1-3-5-14-23-20(25)17-8-6-7-9-18(17)24-21(26)19(4-2)27-16-12-10-15(22)11-13-16/h6-13,19H,3-5,14H2,1-2H3,(H,23,25)(H,24,26). The molecule has 144 valence electrons. The molecule has 0 saturated heterocycles. The van der Waals surface area contributed by atoms with E-state index in [1.807, 2.05) is 13.8 Å². The number of hydrogen-bond acceptors (Lipinski definition) is 3. The SMILES string of the molecule is CCCCNC(=O)c1ccccc1NC(=O)C(CC)Oc1ccc(F)cc1. The third-order valence-electron chi connectivity index (χ3n) is 4.00. The van der Waals surface area contributed by atoms with Gasteiger partial charge in [0.2, 0.25) is 0 Å². The zero-order chi connectivity index (χ0) is 19.6. The number of carbonyl (C=O) groups is 2. The van der Waals surface area contributed by atoms with Gasteiger partial charge in [0, 0.05) is 6.54 Å². The molecule has 2 amide bonds. The summed E-state index contributed by atoms with van der Waals surface area (Å²) < 4.78 is 18.7. The summed E-state index contributed by atoms with van der Waals surface area (Å²) in [6.45, 7) is 4.45. The van der Waals surface area contributed by atoms with Crippen molar-refractivity contribution in [3.8, 4) is 5.75 Å². The van der Waals surface area contributed by atoms with Crippen molar-refractivity contribution in [2.75, 3.05) is 11.9 Å². The van der Waals surface area contributed by atoms with E-state index in [0.29, 0.717) is 30.0 Å². The van der Waals surface area contributed by atoms with Crippen molar-refractivity contribution in [3.05, 3.63) is 59.9 Å². The van der Waals surface area contributed by atoms with Crippen LogP contribution in [0, 0.1) is 5.82 Å². The fourth-order valence-corrected chi connectivity index (χ4v) is 2.48. The van der Waals surface area contributed by atoms with Crippen molar-refractivity contribution >= 4 is 17.5 Å². The van der Waals surface area contributed by atoms with Gasteiger partial charge in [0.25, 0.3) is 11.8 Å². The summed E-state index contributed by atoms with van der Waals surface area (Å²) in [5.41, 5.74) is 0.830. The van der Waals surface area contributed by atoms with Gasteiger partial charge in [0.15, 0.2) is 6.10 Å². The number of nitrogens with one attached hydrogen (secondary N) is 2. The Morgan fingerprint density at radius 1 is 1.07 bits per heavy atom. The molecule has 5 nitrogen and oxygen atoms in total. The smallest absolute Gasteiger partial charge is 0.265 e. The van der Waals surface area contributed by atoms with Crippen molar-refractivity contribution in [2.45, 2.75) is 39.2 Å². The van der Waals surface area contributed by atoms with E-state index in [4.69, 9.17) is 4.74 Å². The molecule has 2 rings (SSSR count). The summed E-state index contributed by atoms with van der Waals surface area (Å²) >= 11 is 0. The van der Waals surface area contributed by atoms with Gasteiger partial charge in [-0.3, -0.25) is 9.59 Å². The molecule has 0 saturated carbocycles. The first-order valence-electron chi connectivity index (χ1n) is 9.15. The third kappa shape index (κ3) is 6.09. The lowest BCUT2D eigenvalue weighted by Crippen LogP contribution is -2.33. The molecule has 0 aliphatic rings. The monoisotopic (exact) mass is 372 g/mol. The molecule has 2 aromatic rings. The van der Waals surface area contributed by atoms with Crippen LogP contribution in [0.15, 0.2) is 48.5 Å². The van der Waals surface area contributed by atoms with E-state index in [1.54, 1.807) is 24.3 Å². The maximum absolute atomic E-state index is 13.0. The highest BCUT2D eigenvalue weighted by atomic mass is 19.1. The van der Waals surface area contributed by atoms with Gasteiger partial charge in [-0.1, -0.05) is 32.4 Å². The summed E-state index contributed by atoms with van der Waals surface area (Å²) in [6.07, 6.45) is 1.54. The van der Waals surface area contributed by atoms with Crippen LogP contribution in [0.4, 0.5) is 10.1 Å². The summed E-state index contributed by atoms with van der Waals surface area (Å²) in [6, 6.07) is 12.3. The van der Waals surface area contributed by atoms with Gasteiger partial charge >= 0.3 is 0 Å². The molecule has 6 heteroatoms. The minimum atomic E-state index is -0.758. The molecule has 2 aromatic carbocycles. The Bertz CT molecular complexity index is 762. The average molecular weight is 372 g/mol. The number of ether oxygens (including phenoxy) is 1. The maximum Gasteiger partial charge on any atom is 0.265 e. The third-order valence-corrected chi connectivity index (χ3v) is 4.00. The van der Waals surface area contributed by atoms with Crippen LogP contribution in [-0.2, 0) is 4.79 Å². The second-order valence-corrected chi connectivity index (χ2v) is 6.11. The van der Waals surface area contributed by atoms with Gasteiger partial charge in [-0.05, 0) is 49.2 Å². The number of unbranched alkanes of at least 4 members (excludes halogenated alkanes) is 1. The molecular weight excluding hydrogens is 347 g/mol. The van der Waals surface area contributed by atoms with Crippen LogP contribution in [0.2, 0.25) is 0 Å². The van der Waals surface area contributed by atoms with E-state index in [-0.39, 0.29) is 17.6 Å². The molecule has 0 aliphatic heterocycles. The molecule has 0 heterocycles. The van der Waals surface area contributed by atoms with Crippen LogP contribution < -0.4 is 15.4 Å². The number of rotatable bonds is 9. The van der Waals surface area contributed by atoms with Crippen molar-refractivity contribution in [2.24, 2.45) is 0 Å². The summed E-state index contributed by atoms with van der Waals surface area (Å²) in [7, 11) is 0. The maximum atomic E-state index is 13.0. The Kier molecular flexibility index (Phi) is 7.79. The van der Waals surface area contributed by atoms with Gasteiger partial charge in [-0.2, -0.15) is 0 Å². The Hall–Kier alpha value is -2.89. The van der Waals surface area contributed by atoms with E-state index in [1.165, 1.54) is 24.3 Å². The predicted molar refractivity (Wildman–Crippen MR) is 103 cm³/mol. The van der Waals surface area contributed by atoms with E-state index in [0.717, 1.165) is 12.8 Å². The molecular formula is C21H25FN2O3. The first-order valence-corrected chi connectivity index (χ1v) is 9.15. The molecule has 2 N–H and O–H groups in total. The van der Waals surface area contributed by atoms with Gasteiger partial charge in [0.05, 0.1) is 11.3 Å². The predicted octanol–water partition coefficient (Wildman–Crippen LogP) is 4.15. The van der Waals surface area contributed by atoms with E-state index in [2.05, 4.69) is 10.6 Å². The molecule has 0 aliphatic carbocycles. The number of halogens is 1. The second kappa shape index (κ2) is 10.3. The van der Waals surface area contributed by atoms with Crippen molar-refractivity contribution in [1.29, 1.82) is 0 Å². The molecule has 0 bridgehead atoms. The minimum absolute atomic E-state index is 0.230. The zero-order valence-corrected chi connectivity index (χ0v) is 15.6. The highest BCUT2D eigenvalue weighted by Gasteiger charge is 2.21. The molecule has 27 heavy (non-hydrogen) atoms. The highest BCUT2D eigenvalue weighted by Crippen LogP contribution is 2.18. The Labute approximate surface area is 158 Å². The zero-order valence-electron chi connectivity index (χ0n) is 15.6. The van der Waals surface area contributed by atoms with Gasteiger partial charge in [-0.15, -0.1) is 0 Å². The lowest BCUT2D eigenvalue weighted by atomic mass is 10.1. The lowest BCUT2D eigenvalue weighted by molar-refractivity contribution is -0.122. The van der Waals surface area contributed by atoms with Crippen molar-refractivity contribution in [1.82, 2.24) is 5.32 Å². The van der Waals surface area contributed by atoms with Gasteiger partial charge in [-0.25, -0.2) is 4.39 Å². The van der Waals surface area contributed by atoms with Gasteiger partial charge in [0.1, 0.15) is 11.6 Å². The number of para-hydroxylation sites is 1. The quantitative estimate of drug-likeness (QED) is 0.650. The topological polar surface area (TPSA) is 67.4 Å². The summed E-state index contributed by atoms with van der Waals surface area (Å²) in [5, 5.41) is 5.61. The van der Waals surface area contributed by atoms with E-state index >= 15 is 0 Å². The number of amides is 2. The van der Waals surface area contributed by atoms with E-state index < -0.39 is 6.10 Å². The molecule has 1 atom stereocenters. The summed E-state index contributed by atoms with van der Waals surface area (Å²) in [4.78, 5) is 25.0. The average Bonchev–Trinajstić information content (AvgIpc) is 2.68. The van der Waals surface area contributed by atoms with Crippen molar-refractivity contribution < 1.29 is 18.7 Å². The normalized spacial score (nSPS) is 11.5. The largest absolute Gasteiger partial charge is 0.481 e. The number of carbonyl (C=O) groups excluding carboxylic acids is 2. The van der Waals surface area contributed by atoms with Gasteiger partial charge < -0.3 is 15.4 Å². The lowest BCUT2D eigenvalue weighted by Gasteiger charge is -2.18. The van der Waals surface area contributed by atoms with Crippen LogP contribution in [0.5, 0.6) is 5.75 Å². The highest BCUT2D eigenvalue weighted by molar-refractivity contribution is 6.04. The Morgan fingerprint density at radius 2 is 1.78 bits per heavy atom. The summed E-state index contributed by atoms with van der Waals surface area (Å²) in [5.74, 6) is -0.561. The van der Waals surface area contributed by atoms with E-state index in [9.17, 15) is 14.0 Å². The Morgan fingerprint density at radius 3 is 2.44 bits per heavy atom. The molecule has 1 unspecified atom stereocenters. The number of anilines is 1. The first kappa shape index (κ1) is 20.4. The van der Waals surface area contributed by atoms with Crippen LogP contribution in [0.25, 0.3) is 0 Å². The molecule has 0 radical (unpaired) electrons. The minimum Gasteiger partial charge on any atom is -0.481 e. The van der Waals surface area contributed by atoms with Crippen LogP contribution >= 0.6 is 0 Å². The van der Waals surface area contributed by atoms with Crippen LogP contribution in [0.1, 0.15) is 43.5 Å².